The molecule has 2 bridgehead atoms. The van der Waals surface area contributed by atoms with Gasteiger partial charge in [0.05, 0.1) is 17.8 Å². The zero-order valence-corrected chi connectivity index (χ0v) is 25.5. The molecule has 2 unspecified atom stereocenters. The highest BCUT2D eigenvalue weighted by Crippen LogP contribution is 2.51. The van der Waals surface area contributed by atoms with Crippen LogP contribution in [0.4, 0.5) is 11.5 Å². The number of aromatic hydroxyl groups is 1. The van der Waals surface area contributed by atoms with Crippen LogP contribution in [0.3, 0.4) is 0 Å². The fourth-order valence-electron chi connectivity index (χ4n) is 9.91. The van der Waals surface area contributed by atoms with Gasteiger partial charge in [0, 0.05) is 66.0 Å². The lowest BCUT2D eigenvalue weighted by Gasteiger charge is -2.38. The number of hydrogen-bond donors (Lipinski definition) is 2. The molecule has 1 saturated carbocycles. The van der Waals surface area contributed by atoms with Crippen molar-refractivity contribution in [2.45, 2.75) is 88.0 Å². The lowest BCUT2D eigenvalue weighted by Crippen LogP contribution is -2.52. The summed E-state index contributed by atoms with van der Waals surface area (Å²) in [6.45, 7) is 5.27. The monoisotopic (exact) mass is 590 g/mol. The van der Waals surface area contributed by atoms with E-state index in [0.29, 0.717) is 31.2 Å². The maximum absolute atomic E-state index is 10.7. The van der Waals surface area contributed by atoms with E-state index in [9.17, 15) is 5.11 Å². The summed E-state index contributed by atoms with van der Waals surface area (Å²) in [5.74, 6) is 5.01. The Morgan fingerprint density at radius 2 is 1.93 bits per heavy atom. The topological polar surface area (TPSA) is 77.0 Å². The number of hydrogen-bond acceptors (Lipinski definition) is 8. The maximum atomic E-state index is 10.7. The molecular weight excluding hydrogens is 548 g/mol. The van der Waals surface area contributed by atoms with E-state index in [4.69, 9.17) is 21.1 Å². The van der Waals surface area contributed by atoms with Gasteiger partial charge >= 0.3 is 6.01 Å². The van der Waals surface area contributed by atoms with Crippen molar-refractivity contribution in [3.8, 4) is 24.1 Å². The number of ether oxygens (including phenoxy) is 1. The third kappa shape index (κ3) is 4.27. The Labute approximate surface area is 259 Å². The van der Waals surface area contributed by atoms with E-state index in [0.717, 1.165) is 71.5 Å². The van der Waals surface area contributed by atoms with Crippen LogP contribution in [0.15, 0.2) is 30.3 Å². The van der Waals surface area contributed by atoms with Crippen molar-refractivity contribution in [3.63, 3.8) is 0 Å². The molecule has 9 rings (SSSR count). The number of nitrogens with zero attached hydrogens (tertiary/aromatic N) is 5. The van der Waals surface area contributed by atoms with Crippen molar-refractivity contribution in [1.82, 2.24) is 20.2 Å². The van der Waals surface area contributed by atoms with Crippen molar-refractivity contribution in [1.29, 1.82) is 0 Å². The summed E-state index contributed by atoms with van der Waals surface area (Å²) in [6, 6.07) is 11.9. The molecule has 0 amide bonds. The van der Waals surface area contributed by atoms with Crippen LogP contribution >= 0.6 is 0 Å². The van der Waals surface area contributed by atoms with Crippen LogP contribution in [0.2, 0.25) is 0 Å². The fraction of sp³-hybridized carbons (Fsp3) is 0.556. The SMILES string of the molecule is C#Cc1cccc2cc(O)cc(N3CCc4c(nc(OC[C@]56CCCN5[C@H]5CCC[C@H]5C6)nc4N4CC5CCC(C4)N5)C3)c12. The maximum Gasteiger partial charge on any atom is 0.318 e. The highest BCUT2D eigenvalue weighted by atomic mass is 16.5. The lowest BCUT2D eigenvalue weighted by atomic mass is 9.90. The Bertz CT molecular complexity index is 1660. The first kappa shape index (κ1) is 26.8. The van der Waals surface area contributed by atoms with Gasteiger partial charge in [-0.05, 0) is 81.3 Å². The Balaban J connectivity index is 1.07. The summed E-state index contributed by atoms with van der Waals surface area (Å²) in [5.41, 5.74) is 4.21. The smallest absolute Gasteiger partial charge is 0.318 e. The molecule has 8 heteroatoms. The number of benzene rings is 2. The summed E-state index contributed by atoms with van der Waals surface area (Å²) >= 11 is 0. The van der Waals surface area contributed by atoms with Crippen molar-refractivity contribution in [2.75, 3.05) is 42.6 Å². The normalized spacial score (nSPS) is 30.8. The van der Waals surface area contributed by atoms with Crippen LogP contribution < -0.4 is 19.9 Å². The second kappa shape index (κ2) is 10.3. The molecule has 1 aliphatic carbocycles. The van der Waals surface area contributed by atoms with Gasteiger partial charge in [-0.2, -0.15) is 9.97 Å². The van der Waals surface area contributed by atoms with Crippen LogP contribution in [-0.4, -0.2) is 76.4 Å². The molecule has 1 aromatic heterocycles. The highest BCUT2D eigenvalue weighted by Gasteiger charge is 2.55. The molecule has 5 aliphatic heterocycles. The second-order valence-corrected chi connectivity index (χ2v) is 14.3. The molecule has 6 aliphatic rings. The van der Waals surface area contributed by atoms with Gasteiger partial charge in [-0.25, -0.2) is 0 Å². The predicted octanol–water partition coefficient (Wildman–Crippen LogP) is 4.61. The van der Waals surface area contributed by atoms with Crippen LogP contribution in [0.5, 0.6) is 11.8 Å². The Kier molecular flexibility index (Phi) is 6.25. The number of piperazine rings is 1. The number of phenolic OH excluding ortho intramolecular Hbond substituents is 1. The summed E-state index contributed by atoms with van der Waals surface area (Å²) in [4.78, 5) is 18.0. The van der Waals surface area contributed by atoms with Crippen molar-refractivity contribution in [3.05, 3.63) is 47.2 Å². The Morgan fingerprint density at radius 3 is 2.80 bits per heavy atom. The minimum absolute atomic E-state index is 0.140. The van der Waals surface area contributed by atoms with E-state index in [1.165, 1.54) is 63.5 Å². The zero-order valence-electron chi connectivity index (χ0n) is 25.5. The van der Waals surface area contributed by atoms with Crippen LogP contribution in [0.25, 0.3) is 10.8 Å². The minimum atomic E-state index is 0.140. The van der Waals surface area contributed by atoms with Crippen LogP contribution in [-0.2, 0) is 13.0 Å². The van der Waals surface area contributed by atoms with Gasteiger partial charge < -0.3 is 25.0 Å². The average molecular weight is 591 g/mol. The van der Waals surface area contributed by atoms with Crippen molar-refractivity contribution in [2.24, 2.45) is 5.92 Å². The largest absolute Gasteiger partial charge is 0.508 e. The second-order valence-electron chi connectivity index (χ2n) is 14.3. The van der Waals surface area contributed by atoms with E-state index >= 15 is 0 Å². The number of anilines is 2. The van der Waals surface area contributed by atoms with Gasteiger partial charge in [0.25, 0.3) is 0 Å². The molecule has 8 nitrogen and oxygen atoms in total. The van der Waals surface area contributed by atoms with Gasteiger partial charge in [-0.3, -0.25) is 4.90 Å². The van der Waals surface area contributed by atoms with Gasteiger partial charge in [0.1, 0.15) is 18.2 Å². The lowest BCUT2D eigenvalue weighted by molar-refractivity contribution is 0.0829. The number of terminal acetylenes is 1. The molecule has 5 atom stereocenters. The van der Waals surface area contributed by atoms with E-state index in [1.807, 2.05) is 24.3 Å². The molecule has 44 heavy (non-hydrogen) atoms. The van der Waals surface area contributed by atoms with Crippen molar-refractivity contribution >= 4 is 22.3 Å². The van der Waals surface area contributed by atoms with E-state index in [2.05, 4.69) is 25.9 Å². The number of phenols is 1. The molecule has 2 aromatic carbocycles. The van der Waals surface area contributed by atoms with Gasteiger partial charge in [0.2, 0.25) is 0 Å². The van der Waals surface area contributed by atoms with Gasteiger partial charge in [-0.1, -0.05) is 24.5 Å². The summed E-state index contributed by atoms with van der Waals surface area (Å²) < 4.78 is 6.70. The summed E-state index contributed by atoms with van der Waals surface area (Å²) in [5, 5.41) is 16.4. The molecular formula is C36H42N6O2. The summed E-state index contributed by atoms with van der Waals surface area (Å²) in [6.07, 6.45) is 17.1. The zero-order chi connectivity index (χ0) is 29.4. The Hall–Kier alpha value is -3.54. The van der Waals surface area contributed by atoms with E-state index in [-0.39, 0.29) is 11.3 Å². The third-order valence-corrected chi connectivity index (χ3v) is 11.8. The number of fused-ring (bicyclic) bond motifs is 7. The van der Waals surface area contributed by atoms with Crippen molar-refractivity contribution < 1.29 is 9.84 Å². The molecule has 3 aromatic rings. The van der Waals surface area contributed by atoms with Gasteiger partial charge in [-0.15, -0.1) is 6.42 Å². The molecule has 0 radical (unpaired) electrons. The third-order valence-electron chi connectivity index (χ3n) is 11.8. The number of aromatic nitrogens is 2. The molecule has 228 valence electrons. The first-order valence-corrected chi connectivity index (χ1v) is 16.8. The first-order chi connectivity index (χ1) is 21.6. The minimum Gasteiger partial charge on any atom is -0.508 e. The van der Waals surface area contributed by atoms with Crippen LogP contribution in [0.1, 0.15) is 68.2 Å². The average Bonchev–Trinajstić information content (AvgIpc) is 3.80. The molecule has 6 heterocycles. The number of nitrogens with one attached hydrogen (secondary N) is 1. The molecule has 0 spiro atoms. The molecule has 4 saturated heterocycles. The summed E-state index contributed by atoms with van der Waals surface area (Å²) in [7, 11) is 0. The standard InChI is InChI=1S/C36H42N6O2/c1-2-23-6-3-7-24-16-28(43)17-32(33(23)24)40-15-12-29-30(21-40)38-35(39-34(29)41-19-26-10-11-27(20-41)37-26)44-22-36-13-5-14-42(36)31-9-4-8-25(31)18-36/h1,3,6-7,16-17,25-27,31,37,43H,4-5,8-15,18-22H2/t25-,26?,27?,31-,36+/m0/s1. The van der Waals surface area contributed by atoms with E-state index in [1.54, 1.807) is 6.07 Å². The highest BCUT2D eigenvalue weighted by molar-refractivity contribution is 6.00. The number of rotatable bonds is 5. The molecule has 2 N–H and O–H groups in total. The van der Waals surface area contributed by atoms with Gasteiger partial charge in [0.15, 0.2) is 0 Å². The quantitative estimate of drug-likeness (QED) is 0.418. The van der Waals surface area contributed by atoms with Crippen LogP contribution in [0, 0.1) is 18.3 Å². The fourth-order valence-corrected chi connectivity index (χ4v) is 9.91. The van der Waals surface area contributed by atoms with E-state index < -0.39 is 0 Å². The Morgan fingerprint density at radius 1 is 1.05 bits per heavy atom. The molecule has 5 fully saturated rings. The first-order valence-electron chi connectivity index (χ1n) is 16.8. The predicted molar refractivity (Wildman–Crippen MR) is 172 cm³/mol.